The number of hydrogen-bond acceptors (Lipinski definition) is 5. The minimum atomic E-state index is -3.61. The van der Waals surface area contributed by atoms with Crippen LogP contribution in [0.3, 0.4) is 0 Å². The summed E-state index contributed by atoms with van der Waals surface area (Å²) in [4.78, 5) is 27.3. The summed E-state index contributed by atoms with van der Waals surface area (Å²) in [5, 5.41) is 2.87. The highest BCUT2D eigenvalue weighted by Crippen LogP contribution is 2.25. The third-order valence-electron chi connectivity index (χ3n) is 5.10. The number of nitrogens with zero attached hydrogens (tertiary/aromatic N) is 2. The van der Waals surface area contributed by atoms with E-state index in [-0.39, 0.29) is 24.9 Å². The van der Waals surface area contributed by atoms with Crippen molar-refractivity contribution in [3.05, 3.63) is 35.4 Å². The van der Waals surface area contributed by atoms with Crippen molar-refractivity contribution in [1.29, 1.82) is 0 Å². The van der Waals surface area contributed by atoms with Crippen molar-refractivity contribution in [2.75, 3.05) is 39.1 Å². The number of carbonyl (C=O) groups excluding carboxylic acids is 2. The number of ether oxygens (including phenoxy) is 1. The quantitative estimate of drug-likeness (QED) is 0.593. The first-order chi connectivity index (χ1) is 13.6. The van der Waals surface area contributed by atoms with Crippen molar-refractivity contribution >= 4 is 21.8 Å². The molecule has 2 amide bonds. The number of hydrogen-bond donors (Lipinski definition) is 1. The normalized spacial score (nSPS) is 20.7. The van der Waals surface area contributed by atoms with E-state index in [9.17, 15) is 18.0 Å². The standard InChI is InChI=1S/C20H31N3O5S/c1-5-28-12-6-11-23-18(24)14-22(29(4,26)27)15-20(23,3)19(25)21-13-17-9-7-16(2)8-10-17/h7-10H,5-6,11-15H2,1-4H3,(H,21,25)/t20-/m1/s1. The van der Waals surface area contributed by atoms with Crippen LogP contribution in [0.15, 0.2) is 24.3 Å². The second-order valence-electron chi connectivity index (χ2n) is 7.57. The fraction of sp³-hybridized carbons (Fsp3) is 0.600. The zero-order valence-corrected chi connectivity index (χ0v) is 18.4. The molecule has 162 valence electrons. The first-order valence-corrected chi connectivity index (χ1v) is 11.6. The van der Waals surface area contributed by atoms with Crippen molar-refractivity contribution in [2.45, 2.75) is 39.3 Å². The molecule has 0 unspecified atom stereocenters. The molecule has 0 aromatic heterocycles. The van der Waals surface area contributed by atoms with Crippen molar-refractivity contribution in [2.24, 2.45) is 0 Å². The minimum absolute atomic E-state index is 0.0774. The van der Waals surface area contributed by atoms with E-state index in [0.29, 0.717) is 32.7 Å². The summed E-state index contributed by atoms with van der Waals surface area (Å²) >= 11 is 0. The molecule has 1 aliphatic rings. The molecule has 2 rings (SSSR count). The smallest absolute Gasteiger partial charge is 0.247 e. The molecule has 1 heterocycles. The second kappa shape index (κ2) is 9.69. The summed E-state index contributed by atoms with van der Waals surface area (Å²) in [5.74, 6) is -0.762. The third kappa shape index (κ3) is 6.01. The molecule has 0 radical (unpaired) electrons. The summed E-state index contributed by atoms with van der Waals surface area (Å²) in [6.07, 6.45) is 1.62. The number of aryl methyl sites for hydroxylation is 1. The zero-order chi connectivity index (χ0) is 21.7. The van der Waals surface area contributed by atoms with Crippen LogP contribution in [0.5, 0.6) is 0 Å². The molecular formula is C20H31N3O5S. The monoisotopic (exact) mass is 425 g/mol. The molecule has 1 fully saturated rings. The molecule has 8 nitrogen and oxygen atoms in total. The van der Waals surface area contributed by atoms with Crippen LogP contribution in [-0.2, 0) is 30.9 Å². The van der Waals surface area contributed by atoms with Gasteiger partial charge in [0.25, 0.3) is 0 Å². The molecular weight excluding hydrogens is 394 g/mol. The Hall–Kier alpha value is -1.97. The Morgan fingerprint density at radius 3 is 2.52 bits per heavy atom. The van der Waals surface area contributed by atoms with Crippen LogP contribution in [0, 0.1) is 6.92 Å². The molecule has 0 spiro atoms. The Morgan fingerprint density at radius 1 is 1.28 bits per heavy atom. The highest BCUT2D eigenvalue weighted by atomic mass is 32.2. The Balaban J connectivity index is 2.18. The molecule has 29 heavy (non-hydrogen) atoms. The molecule has 0 bridgehead atoms. The lowest BCUT2D eigenvalue weighted by atomic mass is 9.95. The maximum atomic E-state index is 13.1. The Kier molecular flexibility index (Phi) is 7.79. The van der Waals surface area contributed by atoms with E-state index in [0.717, 1.165) is 21.7 Å². The molecule has 1 aliphatic heterocycles. The summed E-state index contributed by atoms with van der Waals surface area (Å²) in [6.45, 7) is 6.82. The molecule has 0 aliphatic carbocycles. The Labute approximate surface area is 173 Å². The van der Waals surface area contributed by atoms with E-state index in [2.05, 4.69) is 5.32 Å². The first kappa shape index (κ1) is 23.3. The number of amides is 2. The van der Waals surface area contributed by atoms with Crippen LogP contribution in [0.2, 0.25) is 0 Å². The molecule has 1 aromatic carbocycles. The van der Waals surface area contributed by atoms with Gasteiger partial charge in [0.2, 0.25) is 21.8 Å². The van der Waals surface area contributed by atoms with Gasteiger partial charge in [0.15, 0.2) is 0 Å². The van der Waals surface area contributed by atoms with Gasteiger partial charge in [-0.3, -0.25) is 9.59 Å². The number of sulfonamides is 1. The maximum absolute atomic E-state index is 13.1. The van der Waals surface area contributed by atoms with Gasteiger partial charge in [-0.1, -0.05) is 29.8 Å². The topological polar surface area (TPSA) is 96.0 Å². The van der Waals surface area contributed by atoms with Crippen LogP contribution in [0.4, 0.5) is 0 Å². The van der Waals surface area contributed by atoms with Gasteiger partial charge >= 0.3 is 0 Å². The number of benzene rings is 1. The molecule has 1 N–H and O–H groups in total. The summed E-state index contributed by atoms with van der Waals surface area (Å²) in [7, 11) is -3.61. The fourth-order valence-corrected chi connectivity index (χ4v) is 4.18. The van der Waals surface area contributed by atoms with Crippen LogP contribution < -0.4 is 5.32 Å². The van der Waals surface area contributed by atoms with Crippen LogP contribution in [-0.4, -0.2) is 74.1 Å². The predicted molar refractivity (Wildman–Crippen MR) is 111 cm³/mol. The van der Waals surface area contributed by atoms with E-state index in [1.807, 2.05) is 38.1 Å². The maximum Gasteiger partial charge on any atom is 0.247 e. The van der Waals surface area contributed by atoms with E-state index in [1.54, 1.807) is 6.92 Å². The summed E-state index contributed by atoms with van der Waals surface area (Å²) < 4.78 is 30.5. The van der Waals surface area contributed by atoms with Gasteiger partial charge in [0.05, 0.1) is 12.8 Å². The highest BCUT2D eigenvalue weighted by molar-refractivity contribution is 7.88. The van der Waals surface area contributed by atoms with Crippen molar-refractivity contribution in [3.63, 3.8) is 0 Å². The summed E-state index contributed by atoms with van der Waals surface area (Å²) in [6, 6.07) is 7.76. The molecule has 1 atom stereocenters. The van der Waals surface area contributed by atoms with E-state index < -0.39 is 15.6 Å². The van der Waals surface area contributed by atoms with Crippen molar-refractivity contribution in [1.82, 2.24) is 14.5 Å². The van der Waals surface area contributed by atoms with Gasteiger partial charge in [-0.15, -0.1) is 0 Å². The van der Waals surface area contributed by atoms with Crippen molar-refractivity contribution < 1.29 is 22.7 Å². The van der Waals surface area contributed by atoms with Gasteiger partial charge < -0.3 is 15.0 Å². The van der Waals surface area contributed by atoms with Gasteiger partial charge in [-0.25, -0.2) is 8.42 Å². The van der Waals surface area contributed by atoms with Crippen LogP contribution in [0.1, 0.15) is 31.4 Å². The van der Waals surface area contributed by atoms with Gasteiger partial charge in [-0.2, -0.15) is 4.31 Å². The van der Waals surface area contributed by atoms with Crippen LogP contribution in [0.25, 0.3) is 0 Å². The van der Waals surface area contributed by atoms with Crippen LogP contribution >= 0.6 is 0 Å². The fourth-order valence-electron chi connectivity index (χ4n) is 3.34. The average molecular weight is 426 g/mol. The average Bonchev–Trinajstić information content (AvgIpc) is 2.65. The molecule has 1 aromatic rings. The second-order valence-corrected chi connectivity index (χ2v) is 9.55. The van der Waals surface area contributed by atoms with E-state index in [4.69, 9.17) is 4.74 Å². The molecule has 0 saturated carbocycles. The number of carbonyl (C=O) groups is 2. The lowest BCUT2D eigenvalue weighted by molar-refractivity contribution is -0.153. The minimum Gasteiger partial charge on any atom is -0.382 e. The van der Waals surface area contributed by atoms with Gasteiger partial charge in [0.1, 0.15) is 5.54 Å². The van der Waals surface area contributed by atoms with E-state index >= 15 is 0 Å². The number of nitrogens with one attached hydrogen (secondary N) is 1. The summed E-state index contributed by atoms with van der Waals surface area (Å²) in [5.41, 5.74) is 0.752. The largest absolute Gasteiger partial charge is 0.382 e. The Morgan fingerprint density at radius 2 is 1.93 bits per heavy atom. The molecule has 1 saturated heterocycles. The van der Waals surface area contributed by atoms with E-state index in [1.165, 1.54) is 4.90 Å². The lowest BCUT2D eigenvalue weighted by Crippen LogP contribution is -2.69. The van der Waals surface area contributed by atoms with Gasteiger partial charge in [0, 0.05) is 32.8 Å². The highest BCUT2D eigenvalue weighted by Gasteiger charge is 2.49. The first-order valence-electron chi connectivity index (χ1n) is 9.75. The lowest BCUT2D eigenvalue weighted by Gasteiger charge is -2.46. The van der Waals surface area contributed by atoms with Gasteiger partial charge in [-0.05, 0) is 32.8 Å². The third-order valence-corrected chi connectivity index (χ3v) is 6.30. The molecule has 9 heteroatoms. The van der Waals surface area contributed by atoms with Crippen molar-refractivity contribution in [3.8, 4) is 0 Å². The number of piperazine rings is 1. The SMILES string of the molecule is CCOCCCN1C(=O)CN(S(C)(=O)=O)C[C@]1(C)C(=O)NCc1ccc(C)cc1. The zero-order valence-electron chi connectivity index (χ0n) is 17.6. The Bertz CT molecular complexity index is 825. The number of rotatable bonds is 9. The predicted octanol–water partition coefficient (Wildman–Crippen LogP) is 0.900.